The number of hydrogen-bond donors (Lipinski definition) is 2. The zero-order chi connectivity index (χ0) is 19.3. The van der Waals surface area contributed by atoms with E-state index in [9.17, 15) is 8.42 Å². The van der Waals surface area contributed by atoms with Crippen molar-refractivity contribution in [2.24, 2.45) is 5.14 Å². The van der Waals surface area contributed by atoms with Crippen LogP contribution >= 0.6 is 23.3 Å². The summed E-state index contributed by atoms with van der Waals surface area (Å²) in [5.41, 5.74) is 2.45. The first-order chi connectivity index (χ1) is 13.0. The van der Waals surface area contributed by atoms with Gasteiger partial charge in [-0.05, 0) is 61.4 Å². The second-order valence-electron chi connectivity index (χ2n) is 6.78. The van der Waals surface area contributed by atoms with E-state index in [1.54, 1.807) is 18.0 Å². The minimum absolute atomic E-state index is 0.155. The van der Waals surface area contributed by atoms with Crippen LogP contribution < -0.4 is 10.5 Å². The molecule has 0 saturated heterocycles. The molecule has 0 aliphatic carbocycles. The summed E-state index contributed by atoms with van der Waals surface area (Å²) in [4.78, 5) is 0. The van der Waals surface area contributed by atoms with Gasteiger partial charge in [0.2, 0.25) is 10.0 Å². The molecule has 148 valence electrons. The van der Waals surface area contributed by atoms with Crippen molar-refractivity contribution in [2.75, 3.05) is 19.6 Å². The van der Waals surface area contributed by atoms with E-state index in [1.807, 2.05) is 6.07 Å². The smallest absolute Gasteiger partial charge is 0.247 e. The number of benzene rings is 1. The standard InChI is InChI=1S/C19H27N3O2S3/c1-2-11-21-17-14-22(12-7-6-10-15-8-4-3-5-9-15)26-19-16(17)13-18(25-19)27(20,23)24/h3-5,8-9,13,17,21H,2,6-7,10-12,14H2,1H3,(H2,20,23,24). The van der Waals surface area contributed by atoms with E-state index in [0.29, 0.717) is 0 Å². The first-order valence-corrected chi connectivity index (χ1v) is 12.5. The quantitative estimate of drug-likeness (QED) is 0.472. The van der Waals surface area contributed by atoms with Gasteiger partial charge in [-0.1, -0.05) is 37.3 Å². The molecule has 0 fully saturated rings. The van der Waals surface area contributed by atoms with Crippen molar-refractivity contribution in [1.82, 2.24) is 9.62 Å². The number of primary sulfonamides is 1. The third-order valence-electron chi connectivity index (χ3n) is 4.56. The van der Waals surface area contributed by atoms with Gasteiger partial charge in [0.15, 0.2) is 0 Å². The highest BCUT2D eigenvalue weighted by atomic mass is 32.3. The van der Waals surface area contributed by atoms with E-state index in [4.69, 9.17) is 5.14 Å². The number of fused-ring (bicyclic) bond motifs is 1. The van der Waals surface area contributed by atoms with Crippen LogP contribution in [0.4, 0.5) is 0 Å². The largest absolute Gasteiger partial charge is 0.309 e. The number of rotatable bonds is 9. The summed E-state index contributed by atoms with van der Waals surface area (Å²) < 4.78 is 27.1. The summed E-state index contributed by atoms with van der Waals surface area (Å²) in [7, 11) is -3.65. The Hall–Kier alpha value is -0.900. The van der Waals surface area contributed by atoms with Crippen LogP contribution in [0.2, 0.25) is 0 Å². The molecule has 1 aliphatic heterocycles. The molecule has 0 spiro atoms. The number of aryl methyl sites for hydroxylation is 1. The number of nitrogens with two attached hydrogens (primary N) is 1. The third kappa shape index (κ3) is 5.79. The number of hydrogen-bond acceptors (Lipinski definition) is 6. The number of sulfonamides is 1. The van der Waals surface area contributed by atoms with Crippen LogP contribution in [-0.2, 0) is 16.4 Å². The molecule has 0 radical (unpaired) electrons. The van der Waals surface area contributed by atoms with Crippen LogP contribution in [0.15, 0.2) is 44.8 Å². The Kier molecular flexibility index (Phi) is 7.35. The zero-order valence-corrected chi connectivity index (χ0v) is 18.0. The van der Waals surface area contributed by atoms with Gasteiger partial charge in [0.05, 0.1) is 4.21 Å². The Morgan fingerprint density at radius 1 is 1.26 bits per heavy atom. The van der Waals surface area contributed by atoms with E-state index in [0.717, 1.165) is 55.1 Å². The van der Waals surface area contributed by atoms with Crippen molar-refractivity contribution in [3.8, 4) is 0 Å². The van der Waals surface area contributed by atoms with Crippen LogP contribution in [-0.4, -0.2) is 32.4 Å². The van der Waals surface area contributed by atoms with E-state index >= 15 is 0 Å². The minimum Gasteiger partial charge on any atom is -0.309 e. The topological polar surface area (TPSA) is 75.4 Å². The number of thiophene rings is 1. The summed E-state index contributed by atoms with van der Waals surface area (Å²) in [6.45, 7) is 4.92. The molecule has 1 aliphatic rings. The lowest BCUT2D eigenvalue weighted by molar-refractivity contribution is 0.369. The molecule has 1 aromatic carbocycles. The molecule has 5 nitrogen and oxygen atoms in total. The lowest BCUT2D eigenvalue weighted by atomic mass is 10.1. The summed E-state index contributed by atoms with van der Waals surface area (Å²) in [5.74, 6) is 0. The minimum atomic E-state index is -3.65. The molecule has 0 bridgehead atoms. The van der Waals surface area contributed by atoms with Crippen LogP contribution in [0, 0.1) is 0 Å². The Labute approximate surface area is 170 Å². The second kappa shape index (κ2) is 9.54. The number of nitrogens with zero attached hydrogens (tertiary/aromatic N) is 1. The fourth-order valence-corrected chi connectivity index (χ4v) is 6.74. The molecule has 1 unspecified atom stereocenters. The Morgan fingerprint density at radius 3 is 2.74 bits per heavy atom. The van der Waals surface area contributed by atoms with Gasteiger partial charge >= 0.3 is 0 Å². The van der Waals surface area contributed by atoms with Gasteiger partial charge in [-0.3, -0.25) is 0 Å². The molecule has 2 aromatic rings. The maximum atomic E-state index is 11.7. The van der Waals surface area contributed by atoms with Crippen molar-refractivity contribution in [2.45, 2.75) is 47.1 Å². The lowest BCUT2D eigenvalue weighted by Gasteiger charge is -2.32. The molecule has 0 amide bonds. The average molecular weight is 426 g/mol. The summed E-state index contributed by atoms with van der Waals surface area (Å²) in [6, 6.07) is 12.5. The van der Waals surface area contributed by atoms with E-state index in [-0.39, 0.29) is 10.3 Å². The van der Waals surface area contributed by atoms with Gasteiger partial charge in [0.25, 0.3) is 0 Å². The van der Waals surface area contributed by atoms with E-state index in [2.05, 4.69) is 40.8 Å². The Morgan fingerprint density at radius 2 is 2.04 bits per heavy atom. The van der Waals surface area contributed by atoms with E-state index in [1.165, 1.54) is 16.9 Å². The fraction of sp³-hybridized carbons (Fsp3) is 0.474. The highest BCUT2D eigenvalue weighted by Gasteiger charge is 2.30. The molecule has 8 heteroatoms. The van der Waals surface area contributed by atoms with Gasteiger partial charge < -0.3 is 5.32 Å². The lowest BCUT2D eigenvalue weighted by Crippen LogP contribution is -2.35. The van der Waals surface area contributed by atoms with Crippen LogP contribution in [0.25, 0.3) is 0 Å². The molecule has 3 N–H and O–H groups in total. The van der Waals surface area contributed by atoms with Crippen molar-refractivity contribution < 1.29 is 8.42 Å². The van der Waals surface area contributed by atoms with Crippen molar-refractivity contribution in [3.63, 3.8) is 0 Å². The average Bonchev–Trinajstić information content (AvgIpc) is 3.09. The summed E-state index contributed by atoms with van der Waals surface area (Å²) in [5, 5.41) is 8.90. The monoisotopic (exact) mass is 425 g/mol. The summed E-state index contributed by atoms with van der Waals surface area (Å²) >= 11 is 2.96. The molecule has 1 aromatic heterocycles. The number of nitrogens with one attached hydrogen (secondary N) is 1. The molecule has 2 heterocycles. The third-order valence-corrected chi connectivity index (χ3v) is 8.39. The van der Waals surface area contributed by atoms with Gasteiger partial charge in [-0.25, -0.2) is 17.9 Å². The van der Waals surface area contributed by atoms with Gasteiger partial charge in [-0.15, -0.1) is 11.3 Å². The number of unbranched alkanes of at least 4 members (excludes halogenated alkanes) is 1. The molecule has 0 saturated carbocycles. The fourth-order valence-electron chi connectivity index (χ4n) is 3.17. The van der Waals surface area contributed by atoms with Crippen LogP contribution in [0.5, 0.6) is 0 Å². The zero-order valence-electron chi connectivity index (χ0n) is 15.6. The normalized spacial score (nSPS) is 17.8. The van der Waals surface area contributed by atoms with Crippen LogP contribution in [0.1, 0.15) is 43.4 Å². The first kappa shape index (κ1) is 20.8. The Balaban J connectivity index is 1.61. The van der Waals surface area contributed by atoms with Crippen LogP contribution in [0.3, 0.4) is 0 Å². The molecule has 3 rings (SSSR count). The molecule has 1 atom stereocenters. The highest BCUT2D eigenvalue weighted by molar-refractivity contribution is 7.99. The predicted molar refractivity (Wildman–Crippen MR) is 114 cm³/mol. The van der Waals surface area contributed by atoms with E-state index < -0.39 is 10.0 Å². The maximum absolute atomic E-state index is 11.7. The van der Waals surface area contributed by atoms with Gasteiger partial charge in [0, 0.05) is 19.1 Å². The summed E-state index contributed by atoms with van der Waals surface area (Å²) in [6.07, 6.45) is 4.40. The van der Waals surface area contributed by atoms with Crippen molar-refractivity contribution in [1.29, 1.82) is 0 Å². The van der Waals surface area contributed by atoms with Gasteiger partial charge in [-0.2, -0.15) is 0 Å². The van der Waals surface area contributed by atoms with Gasteiger partial charge in [0.1, 0.15) is 4.21 Å². The van der Waals surface area contributed by atoms with Crippen molar-refractivity contribution >= 4 is 33.3 Å². The molecule has 27 heavy (non-hydrogen) atoms. The SMILES string of the molecule is CCCNC1CN(CCCCc2ccccc2)Sc2sc(S(N)(=O)=O)cc21. The Bertz CT molecular complexity index is 837. The second-order valence-corrected chi connectivity index (χ2v) is 11.0. The predicted octanol–water partition coefficient (Wildman–Crippen LogP) is 3.78. The maximum Gasteiger partial charge on any atom is 0.247 e. The highest BCUT2D eigenvalue weighted by Crippen LogP contribution is 2.43. The molecular formula is C19H27N3O2S3. The van der Waals surface area contributed by atoms with Crippen molar-refractivity contribution in [3.05, 3.63) is 47.5 Å². The molecular weight excluding hydrogens is 398 g/mol. The first-order valence-electron chi connectivity index (χ1n) is 9.34.